The lowest BCUT2D eigenvalue weighted by atomic mass is 9.36. The number of carbonyl (C=O) groups excluding carboxylic acids is 3. The van der Waals surface area contributed by atoms with E-state index in [1.54, 1.807) is 0 Å². The van der Waals surface area contributed by atoms with E-state index < -0.39 is 29.2 Å². The molecule has 5 rings (SSSR count). The van der Waals surface area contributed by atoms with Crippen LogP contribution in [-0.4, -0.2) is 53.0 Å². The highest BCUT2D eigenvalue weighted by Crippen LogP contribution is 2.74. The van der Waals surface area contributed by atoms with Crippen molar-refractivity contribution in [1.29, 1.82) is 0 Å². The molecule has 1 N–H and O–H groups in total. The van der Waals surface area contributed by atoms with Gasteiger partial charge >= 0.3 is 17.9 Å². The second-order valence-electron chi connectivity index (χ2n) is 17.7. The van der Waals surface area contributed by atoms with Crippen LogP contribution in [0.25, 0.3) is 0 Å². The first-order chi connectivity index (χ1) is 26.0. The molecule has 0 aromatic heterocycles. The third-order valence-electron chi connectivity index (χ3n) is 14.2. The van der Waals surface area contributed by atoms with Gasteiger partial charge in [-0.25, -0.2) is 4.79 Å². The topological polar surface area (TPSA) is 152 Å². The molecule has 1 aromatic rings. The van der Waals surface area contributed by atoms with E-state index >= 15 is 0 Å². The van der Waals surface area contributed by atoms with Crippen LogP contribution in [0.5, 0.6) is 0 Å². The lowest BCUT2D eigenvalue weighted by molar-refractivity contribution is -0.757. The van der Waals surface area contributed by atoms with Crippen molar-refractivity contribution in [3.63, 3.8) is 0 Å². The minimum absolute atomic E-state index is 0.0223. The van der Waals surface area contributed by atoms with Crippen LogP contribution in [0.4, 0.5) is 0 Å². The summed E-state index contributed by atoms with van der Waals surface area (Å²) in [6.07, 6.45) is 8.05. The molecule has 0 saturated heterocycles. The fourth-order valence-corrected chi connectivity index (χ4v) is 11.7. The summed E-state index contributed by atoms with van der Waals surface area (Å²) in [5.41, 5.74) is 2.49. The van der Waals surface area contributed by atoms with Gasteiger partial charge in [0.25, 0.3) is 5.09 Å². The maximum atomic E-state index is 14.2. The molecule has 0 bridgehead atoms. The second kappa shape index (κ2) is 17.6. The van der Waals surface area contributed by atoms with Gasteiger partial charge in [0.05, 0.1) is 12.7 Å². The average Bonchev–Trinajstić information content (AvgIpc) is 3.39. The third-order valence-corrected chi connectivity index (χ3v) is 14.2. The summed E-state index contributed by atoms with van der Waals surface area (Å²) < 4.78 is 18.2. The number of nitrogens with zero attached hydrogens (tertiary/aromatic N) is 1. The largest absolute Gasteiger partial charge is 0.462 e. The summed E-state index contributed by atoms with van der Waals surface area (Å²) in [7, 11) is 0. The van der Waals surface area contributed by atoms with Crippen LogP contribution in [0, 0.1) is 50.0 Å². The molecule has 0 amide bonds. The van der Waals surface area contributed by atoms with Gasteiger partial charge in [-0.3, -0.25) is 9.59 Å². The molecule has 4 saturated carbocycles. The highest BCUT2D eigenvalue weighted by Gasteiger charge is 2.71. The van der Waals surface area contributed by atoms with Gasteiger partial charge in [-0.1, -0.05) is 76.1 Å². The summed E-state index contributed by atoms with van der Waals surface area (Å²) in [4.78, 5) is 54.5. The van der Waals surface area contributed by atoms with Gasteiger partial charge in [0.15, 0.2) is 0 Å². The van der Waals surface area contributed by atoms with E-state index in [0.29, 0.717) is 56.9 Å². The first-order valence-corrected chi connectivity index (χ1v) is 20.4. The summed E-state index contributed by atoms with van der Waals surface area (Å²) >= 11 is 0. The monoisotopic (exact) mass is 765 g/mol. The molecular weight excluding hydrogens is 702 g/mol. The minimum atomic E-state index is -0.802. The molecule has 4 fully saturated rings. The Balaban J connectivity index is 1.40. The number of ether oxygens (including phenoxy) is 3. The molecule has 11 heteroatoms. The Morgan fingerprint density at radius 1 is 0.964 bits per heavy atom. The second-order valence-corrected chi connectivity index (χ2v) is 17.7. The van der Waals surface area contributed by atoms with E-state index in [4.69, 9.17) is 14.2 Å². The predicted molar refractivity (Wildman–Crippen MR) is 206 cm³/mol. The molecule has 304 valence electrons. The first-order valence-electron chi connectivity index (χ1n) is 20.4. The van der Waals surface area contributed by atoms with Crippen molar-refractivity contribution < 1.29 is 43.6 Å². The normalized spacial score (nSPS) is 34.6. The SMILES string of the molecule is CC(=O)O[C@H]1C[C@@]2(C)C(C[C@@H](O)C3[C@@]4(C)CC[C@@H](OC(=O)CCCCCO[N+](=O)[O-])[C@@H](C)C4CC[C@@]32C)/C1=C(\CCC=C(C)C)C(=O)OCc1ccccc1. The molecule has 1 aromatic carbocycles. The number of esters is 3. The standard InChI is InChI=1S/C44H63NO10/c1-28(2)15-14-18-32(41(49)52-27-31-16-10-8-11-17-31)39-34-25-35(47)40-42(5)22-21-36(55-38(48)19-12-9-13-24-53-45(50)51)29(3)33(42)20-23-43(40,6)44(34,7)26-37(39)54-30(4)46/h8,10-11,15-17,29,33-37,40,47H,9,12-14,18-27H2,1-7H3/b39-32-/t29-,33?,34?,35+,36+,37-,40?,42-,43-,44-/m0/s1. The van der Waals surface area contributed by atoms with Crippen molar-refractivity contribution in [3.8, 4) is 0 Å². The predicted octanol–water partition coefficient (Wildman–Crippen LogP) is 8.64. The summed E-state index contributed by atoms with van der Waals surface area (Å²) in [5.74, 6) is -0.919. The zero-order valence-corrected chi connectivity index (χ0v) is 34.0. The van der Waals surface area contributed by atoms with E-state index in [1.807, 2.05) is 44.2 Å². The Kier molecular flexibility index (Phi) is 13.6. The summed E-state index contributed by atoms with van der Waals surface area (Å²) in [5, 5.41) is 22.0. The van der Waals surface area contributed by atoms with Crippen LogP contribution in [-0.2, 0) is 40.0 Å². The van der Waals surface area contributed by atoms with Crippen molar-refractivity contribution in [2.24, 2.45) is 39.9 Å². The van der Waals surface area contributed by atoms with Crippen LogP contribution in [0.2, 0.25) is 0 Å². The number of benzene rings is 1. The summed E-state index contributed by atoms with van der Waals surface area (Å²) in [6, 6.07) is 9.60. The van der Waals surface area contributed by atoms with Crippen LogP contribution < -0.4 is 0 Å². The van der Waals surface area contributed by atoms with Gasteiger partial charge < -0.3 is 24.2 Å². The van der Waals surface area contributed by atoms with Crippen molar-refractivity contribution in [1.82, 2.24) is 0 Å². The zero-order chi connectivity index (χ0) is 40.1. The van der Waals surface area contributed by atoms with Crippen molar-refractivity contribution in [2.45, 2.75) is 150 Å². The molecule has 4 aliphatic carbocycles. The van der Waals surface area contributed by atoms with Gasteiger partial charge in [0.2, 0.25) is 0 Å². The van der Waals surface area contributed by atoms with Gasteiger partial charge in [-0.05, 0) is 129 Å². The molecule has 55 heavy (non-hydrogen) atoms. The highest BCUT2D eigenvalue weighted by atomic mass is 16.9. The number of hydrogen-bond acceptors (Lipinski definition) is 10. The Bertz CT molecular complexity index is 1620. The Morgan fingerprint density at radius 3 is 2.36 bits per heavy atom. The Labute approximate surface area is 326 Å². The highest BCUT2D eigenvalue weighted by molar-refractivity contribution is 5.90. The molecule has 0 spiro atoms. The van der Waals surface area contributed by atoms with Crippen molar-refractivity contribution in [3.05, 3.63) is 68.8 Å². The van der Waals surface area contributed by atoms with Gasteiger partial charge in [0.1, 0.15) is 18.8 Å². The van der Waals surface area contributed by atoms with Gasteiger partial charge in [-0.15, -0.1) is 10.1 Å². The van der Waals surface area contributed by atoms with Crippen molar-refractivity contribution in [2.75, 3.05) is 6.61 Å². The van der Waals surface area contributed by atoms with E-state index in [0.717, 1.165) is 36.0 Å². The number of fused-ring (bicyclic) bond motifs is 5. The summed E-state index contributed by atoms with van der Waals surface area (Å²) in [6.45, 7) is 14.8. The number of hydrogen-bond donors (Lipinski definition) is 1. The fraction of sp³-hybridized carbons (Fsp3) is 0.705. The van der Waals surface area contributed by atoms with Crippen LogP contribution in [0.3, 0.4) is 0 Å². The minimum Gasteiger partial charge on any atom is -0.462 e. The van der Waals surface area contributed by atoms with E-state index in [2.05, 4.69) is 38.6 Å². The average molecular weight is 766 g/mol. The Morgan fingerprint density at radius 2 is 1.69 bits per heavy atom. The first kappa shape index (κ1) is 42.4. The molecule has 4 aliphatic rings. The van der Waals surface area contributed by atoms with Crippen LogP contribution in [0.1, 0.15) is 131 Å². The quantitative estimate of drug-likeness (QED) is 0.0349. The number of unbranched alkanes of at least 4 members (excludes halogenated alkanes) is 2. The fourth-order valence-electron chi connectivity index (χ4n) is 11.7. The van der Waals surface area contributed by atoms with Crippen LogP contribution >= 0.6 is 0 Å². The van der Waals surface area contributed by atoms with Crippen molar-refractivity contribution >= 4 is 17.9 Å². The molecule has 0 heterocycles. The molecule has 0 aliphatic heterocycles. The lowest BCUT2D eigenvalue weighted by Gasteiger charge is -2.69. The number of allylic oxidation sites excluding steroid dienone is 2. The van der Waals surface area contributed by atoms with Crippen LogP contribution in [0.15, 0.2) is 53.1 Å². The zero-order valence-electron chi connectivity index (χ0n) is 34.0. The van der Waals surface area contributed by atoms with E-state index in [1.165, 1.54) is 6.92 Å². The molecule has 10 atom stereocenters. The molecule has 3 unspecified atom stereocenters. The third kappa shape index (κ3) is 8.97. The van der Waals surface area contributed by atoms with Gasteiger partial charge in [0, 0.05) is 18.9 Å². The number of aliphatic hydroxyl groups excluding tert-OH is 1. The number of aliphatic hydroxyl groups is 1. The maximum Gasteiger partial charge on any atom is 0.334 e. The number of rotatable bonds is 15. The molecule has 0 radical (unpaired) electrons. The molecular formula is C44H63NO10. The van der Waals surface area contributed by atoms with Gasteiger partial charge in [-0.2, -0.15) is 0 Å². The lowest BCUT2D eigenvalue weighted by Crippen LogP contribution is -2.65. The number of carbonyl (C=O) groups is 3. The van der Waals surface area contributed by atoms with E-state index in [9.17, 15) is 29.6 Å². The molecule has 11 nitrogen and oxygen atoms in total. The maximum absolute atomic E-state index is 14.2. The smallest absolute Gasteiger partial charge is 0.334 e. The van der Waals surface area contributed by atoms with E-state index in [-0.39, 0.29) is 71.6 Å². The Hall–Kier alpha value is -3.73.